The van der Waals surface area contributed by atoms with Gasteiger partial charge < -0.3 is 19.6 Å². The summed E-state index contributed by atoms with van der Waals surface area (Å²) < 4.78 is 0. The van der Waals surface area contributed by atoms with Gasteiger partial charge in [-0.15, -0.1) is 0 Å². The van der Waals surface area contributed by atoms with E-state index in [2.05, 4.69) is 26.5 Å². The van der Waals surface area contributed by atoms with Gasteiger partial charge in [-0.3, -0.25) is 9.98 Å². The molecular formula is C22H40N6. The Morgan fingerprint density at radius 1 is 0.679 bits per heavy atom. The Kier molecular flexibility index (Phi) is 6.97. The van der Waals surface area contributed by atoms with E-state index in [1.807, 2.05) is 0 Å². The van der Waals surface area contributed by atoms with Crippen molar-refractivity contribution >= 4 is 11.9 Å². The molecule has 4 aliphatic heterocycles. The van der Waals surface area contributed by atoms with Crippen LogP contribution in [0.25, 0.3) is 0 Å². The van der Waals surface area contributed by atoms with Gasteiger partial charge in [0.2, 0.25) is 0 Å². The first kappa shape index (κ1) is 19.8. The molecule has 0 bridgehead atoms. The Labute approximate surface area is 171 Å². The molecule has 4 rings (SSSR count). The average molecular weight is 389 g/mol. The van der Waals surface area contributed by atoms with Gasteiger partial charge in [0, 0.05) is 65.4 Å². The molecule has 0 aromatic rings. The van der Waals surface area contributed by atoms with Crippen LogP contribution < -0.4 is 0 Å². The predicted octanol–water partition coefficient (Wildman–Crippen LogP) is 2.72. The minimum atomic E-state index is 0.823. The standard InChI is InChI=1S/C22H40N6/c1-20(8-2-12-25-16-6-18-27-14-4-10-23-21(25)27)9-3-13-26-17-7-19-28-15-5-11-24-22(26)28/h20H,2-19H2,1H3. The summed E-state index contributed by atoms with van der Waals surface area (Å²) in [7, 11) is 0. The van der Waals surface area contributed by atoms with Crippen LogP contribution in [0, 0.1) is 5.92 Å². The van der Waals surface area contributed by atoms with E-state index < -0.39 is 0 Å². The zero-order chi connectivity index (χ0) is 19.2. The average Bonchev–Trinajstić information content (AvgIpc) is 2.74. The third-order valence-corrected chi connectivity index (χ3v) is 6.77. The van der Waals surface area contributed by atoms with Crippen LogP contribution in [0.2, 0.25) is 0 Å². The van der Waals surface area contributed by atoms with E-state index in [-0.39, 0.29) is 0 Å². The summed E-state index contributed by atoms with van der Waals surface area (Å²) in [5, 5.41) is 0. The van der Waals surface area contributed by atoms with Crippen molar-refractivity contribution in [2.45, 2.75) is 58.3 Å². The number of hydrogen-bond donors (Lipinski definition) is 0. The second-order valence-electron chi connectivity index (χ2n) is 9.12. The molecule has 28 heavy (non-hydrogen) atoms. The van der Waals surface area contributed by atoms with Crippen LogP contribution in [0.5, 0.6) is 0 Å². The maximum Gasteiger partial charge on any atom is 0.196 e. The zero-order valence-corrected chi connectivity index (χ0v) is 18.0. The minimum Gasteiger partial charge on any atom is -0.343 e. The summed E-state index contributed by atoms with van der Waals surface area (Å²) in [6.45, 7) is 14.1. The molecule has 0 aromatic carbocycles. The van der Waals surface area contributed by atoms with Crippen molar-refractivity contribution in [3.05, 3.63) is 0 Å². The molecular weight excluding hydrogens is 348 g/mol. The fourth-order valence-corrected chi connectivity index (χ4v) is 5.24. The third kappa shape index (κ3) is 4.93. The van der Waals surface area contributed by atoms with Gasteiger partial charge in [0.1, 0.15) is 0 Å². The van der Waals surface area contributed by atoms with Crippen LogP contribution in [-0.4, -0.2) is 97.0 Å². The summed E-state index contributed by atoms with van der Waals surface area (Å²) in [5.41, 5.74) is 0. The van der Waals surface area contributed by atoms with Gasteiger partial charge in [0.25, 0.3) is 0 Å². The van der Waals surface area contributed by atoms with Gasteiger partial charge in [-0.2, -0.15) is 0 Å². The van der Waals surface area contributed by atoms with E-state index >= 15 is 0 Å². The molecule has 0 radical (unpaired) electrons. The van der Waals surface area contributed by atoms with E-state index in [1.165, 1.54) is 116 Å². The largest absolute Gasteiger partial charge is 0.343 e. The zero-order valence-electron chi connectivity index (χ0n) is 18.0. The summed E-state index contributed by atoms with van der Waals surface area (Å²) in [5.74, 6) is 3.42. The Morgan fingerprint density at radius 3 is 1.64 bits per heavy atom. The number of aliphatic imine (C=N–C) groups is 2. The molecule has 6 heteroatoms. The van der Waals surface area contributed by atoms with Crippen molar-refractivity contribution in [3.63, 3.8) is 0 Å². The third-order valence-electron chi connectivity index (χ3n) is 6.77. The van der Waals surface area contributed by atoms with E-state index in [0.717, 1.165) is 19.0 Å². The lowest BCUT2D eigenvalue weighted by Crippen LogP contribution is -2.52. The molecule has 0 aromatic heterocycles. The van der Waals surface area contributed by atoms with Crippen molar-refractivity contribution in [1.82, 2.24) is 19.6 Å². The molecule has 4 aliphatic rings. The highest BCUT2D eigenvalue weighted by Gasteiger charge is 2.26. The molecule has 2 saturated heterocycles. The van der Waals surface area contributed by atoms with Crippen molar-refractivity contribution < 1.29 is 0 Å². The smallest absolute Gasteiger partial charge is 0.196 e. The number of rotatable bonds is 8. The SMILES string of the molecule is CC(CCCN1CCCN2CCCN=C21)CCCN1CCCN2CCCN=C21. The number of fused-ring (bicyclic) bond motifs is 2. The monoisotopic (exact) mass is 388 g/mol. The Bertz CT molecular complexity index is 511. The summed E-state index contributed by atoms with van der Waals surface area (Å²) in [6.07, 6.45) is 10.4. The molecule has 4 heterocycles. The van der Waals surface area contributed by atoms with Gasteiger partial charge in [0.05, 0.1) is 0 Å². The molecule has 0 unspecified atom stereocenters. The lowest BCUT2D eigenvalue weighted by Gasteiger charge is -2.41. The molecule has 0 spiro atoms. The fourth-order valence-electron chi connectivity index (χ4n) is 5.24. The summed E-state index contributed by atoms with van der Waals surface area (Å²) in [6, 6.07) is 0. The van der Waals surface area contributed by atoms with Crippen LogP contribution in [0.3, 0.4) is 0 Å². The second kappa shape index (κ2) is 9.84. The predicted molar refractivity (Wildman–Crippen MR) is 117 cm³/mol. The lowest BCUT2D eigenvalue weighted by molar-refractivity contribution is 0.232. The van der Waals surface area contributed by atoms with Gasteiger partial charge >= 0.3 is 0 Å². The van der Waals surface area contributed by atoms with E-state index in [1.54, 1.807) is 0 Å². The lowest BCUT2D eigenvalue weighted by atomic mass is 9.99. The summed E-state index contributed by atoms with van der Waals surface area (Å²) >= 11 is 0. The van der Waals surface area contributed by atoms with E-state index in [9.17, 15) is 0 Å². The number of guanidine groups is 2. The van der Waals surface area contributed by atoms with Crippen LogP contribution in [-0.2, 0) is 0 Å². The molecule has 158 valence electrons. The molecule has 0 aliphatic carbocycles. The molecule has 6 nitrogen and oxygen atoms in total. The van der Waals surface area contributed by atoms with Crippen LogP contribution >= 0.6 is 0 Å². The molecule has 0 saturated carbocycles. The van der Waals surface area contributed by atoms with Crippen LogP contribution in [0.4, 0.5) is 0 Å². The second-order valence-corrected chi connectivity index (χ2v) is 9.12. The Hall–Kier alpha value is -1.46. The number of hydrogen-bond acceptors (Lipinski definition) is 6. The molecule has 0 N–H and O–H groups in total. The quantitative estimate of drug-likeness (QED) is 0.641. The first-order valence-corrected chi connectivity index (χ1v) is 11.9. The van der Waals surface area contributed by atoms with Crippen LogP contribution in [0.1, 0.15) is 58.3 Å². The van der Waals surface area contributed by atoms with E-state index in [4.69, 9.17) is 9.98 Å². The highest BCUT2D eigenvalue weighted by molar-refractivity contribution is 5.81. The van der Waals surface area contributed by atoms with E-state index in [0.29, 0.717) is 0 Å². The molecule has 0 atom stereocenters. The highest BCUT2D eigenvalue weighted by atomic mass is 15.4. The Balaban J connectivity index is 1.14. The normalized spacial score (nSPS) is 22.8. The van der Waals surface area contributed by atoms with Crippen molar-refractivity contribution in [3.8, 4) is 0 Å². The number of nitrogens with zero attached hydrogens (tertiary/aromatic N) is 6. The first-order chi connectivity index (χ1) is 13.8. The summed E-state index contributed by atoms with van der Waals surface area (Å²) in [4.78, 5) is 19.7. The van der Waals surface area contributed by atoms with Gasteiger partial charge in [-0.05, 0) is 57.3 Å². The molecule has 2 fully saturated rings. The Morgan fingerprint density at radius 2 is 1.14 bits per heavy atom. The van der Waals surface area contributed by atoms with Gasteiger partial charge in [-0.25, -0.2) is 0 Å². The van der Waals surface area contributed by atoms with Crippen molar-refractivity contribution in [2.24, 2.45) is 15.9 Å². The maximum atomic E-state index is 4.81. The van der Waals surface area contributed by atoms with Crippen LogP contribution in [0.15, 0.2) is 9.98 Å². The molecule has 0 amide bonds. The highest BCUT2D eigenvalue weighted by Crippen LogP contribution is 2.19. The van der Waals surface area contributed by atoms with Crippen molar-refractivity contribution in [2.75, 3.05) is 65.4 Å². The topological polar surface area (TPSA) is 37.7 Å². The van der Waals surface area contributed by atoms with Gasteiger partial charge in [0.15, 0.2) is 11.9 Å². The fraction of sp³-hybridized carbons (Fsp3) is 0.909. The maximum absolute atomic E-state index is 4.81. The van der Waals surface area contributed by atoms with Gasteiger partial charge in [-0.1, -0.05) is 6.92 Å². The van der Waals surface area contributed by atoms with Crippen molar-refractivity contribution in [1.29, 1.82) is 0 Å². The first-order valence-electron chi connectivity index (χ1n) is 11.9. The minimum absolute atomic E-state index is 0.823.